The van der Waals surface area contributed by atoms with Crippen molar-refractivity contribution in [2.24, 2.45) is 0 Å². The van der Waals surface area contributed by atoms with Crippen LogP contribution in [-0.4, -0.2) is 66.8 Å². The Morgan fingerprint density at radius 3 is 2.00 bits per heavy atom. The van der Waals surface area contributed by atoms with Crippen LogP contribution in [0.15, 0.2) is 0 Å². The van der Waals surface area contributed by atoms with Crippen molar-refractivity contribution in [3.05, 3.63) is 0 Å². The van der Waals surface area contributed by atoms with Gasteiger partial charge in [0.2, 0.25) is 5.25 Å². The molecule has 0 aromatic heterocycles. The van der Waals surface area contributed by atoms with Crippen molar-refractivity contribution >= 4 is 57.2 Å². The maximum Gasteiger partial charge on any atom is 0.328 e. The Hall–Kier alpha value is -0.440. The zero-order chi connectivity index (χ0) is 12.3. The molecule has 0 aromatic carbocycles. The van der Waals surface area contributed by atoms with Crippen molar-refractivity contribution < 1.29 is 22.8 Å². The summed E-state index contributed by atoms with van der Waals surface area (Å²) in [6.07, 6.45) is 1.00. The van der Waals surface area contributed by atoms with Gasteiger partial charge in [0.1, 0.15) is 0 Å². The third-order valence-corrected chi connectivity index (χ3v) is 4.10. The summed E-state index contributed by atoms with van der Waals surface area (Å²) >= 11 is 0. The molecule has 7 nitrogen and oxygen atoms in total. The second kappa shape index (κ2) is 6.48. The number of hydrogen-bond acceptors (Lipinski definition) is 5. The smallest absolute Gasteiger partial charge is 0.276 e. The number of carbonyl (C=O) groups excluding carboxylic acids is 3. The molecule has 0 aliphatic carbocycles. The maximum atomic E-state index is 11.6. The van der Waals surface area contributed by atoms with Gasteiger partial charge in [-0.25, -0.2) is 13.2 Å². The van der Waals surface area contributed by atoms with Crippen LogP contribution >= 0.6 is 0 Å². The molecule has 0 bridgehead atoms. The fourth-order valence-corrected chi connectivity index (χ4v) is 2.99. The number of sulfone groups is 1. The summed E-state index contributed by atoms with van der Waals surface area (Å²) in [6, 6.07) is -0.989. The van der Waals surface area contributed by atoms with Gasteiger partial charge < -0.3 is 0 Å². The number of nitrogens with one attached hydrogen (secondary N) is 2. The van der Waals surface area contributed by atoms with Crippen molar-refractivity contribution in [1.29, 1.82) is 0 Å². The van der Waals surface area contributed by atoms with Gasteiger partial charge in [0, 0.05) is 29.6 Å². The molecule has 0 spiro atoms. The summed E-state index contributed by atoms with van der Waals surface area (Å²) in [5, 5.41) is 1.70. The predicted octanol–water partition coefficient (Wildman–Crippen LogP) is -1.44. The summed E-state index contributed by atoms with van der Waals surface area (Å²) in [5.74, 6) is -2.40. The Kier molecular flexibility index (Phi) is 6.31. The van der Waals surface area contributed by atoms with Crippen LogP contribution in [0.2, 0.25) is 0 Å². The molecule has 0 aromatic rings. The maximum absolute atomic E-state index is 11.6. The zero-order valence-electron chi connectivity index (χ0n) is 9.65. The van der Waals surface area contributed by atoms with Gasteiger partial charge in [0.15, 0.2) is 9.84 Å². The van der Waals surface area contributed by atoms with Crippen LogP contribution in [-0.2, 0) is 19.4 Å². The number of unbranched alkanes of at least 4 members (excludes halogenated alkanes) is 1. The summed E-state index contributed by atoms with van der Waals surface area (Å²) in [6.45, 7) is 1.79. The SMILES string of the molecule is CCCCS(=O)(=O)C1C(=O)NC(=O)NC1=O.[Na]. The van der Waals surface area contributed by atoms with E-state index in [-0.39, 0.29) is 35.3 Å². The number of carbonyl (C=O) groups is 3. The first-order valence-electron chi connectivity index (χ1n) is 4.75. The molecule has 1 radical (unpaired) electrons. The predicted molar refractivity (Wildman–Crippen MR) is 59.9 cm³/mol. The Morgan fingerprint density at radius 2 is 1.59 bits per heavy atom. The van der Waals surface area contributed by atoms with Crippen LogP contribution in [0.5, 0.6) is 0 Å². The molecule has 2 N–H and O–H groups in total. The topological polar surface area (TPSA) is 109 Å². The molecule has 0 unspecified atom stereocenters. The first-order chi connectivity index (χ1) is 7.38. The van der Waals surface area contributed by atoms with Gasteiger partial charge >= 0.3 is 6.03 Å². The molecule has 1 fully saturated rings. The van der Waals surface area contributed by atoms with E-state index in [1.165, 1.54) is 0 Å². The van der Waals surface area contributed by atoms with E-state index >= 15 is 0 Å². The molecule has 1 heterocycles. The number of rotatable bonds is 4. The molecule has 0 saturated carbocycles. The standard InChI is InChI=1S/C8H12N2O5S.Na/c1-2-3-4-16(14,15)5-6(11)9-8(13)10-7(5)12;/h5H,2-4H2,1H3,(H2,9,10,11,12,13);. The van der Waals surface area contributed by atoms with E-state index < -0.39 is 32.9 Å². The monoisotopic (exact) mass is 271 g/mol. The van der Waals surface area contributed by atoms with E-state index in [2.05, 4.69) is 0 Å². The van der Waals surface area contributed by atoms with Gasteiger partial charge in [0.05, 0.1) is 5.75 Å². The minimum Gasteiger partial charge on any atom is -0.276 e. The first-order valence-corrected chi connectivity index (χ1v) is 6.47. The van der Waals surface area contributed by atoms with Crippen LogP contribution in [0.4, 0.5) is 4.79 Å². The summed E-state index contributed by atoms with van der Waals surface area (Å²) in [5.41, 5.74) is 0. The molecule has 1 rings (SSSR count). The van der Waals surface area contributed by atoms with Gasteiger partial charge in [-0.1, -0.05) is 13.3 Å². The van der Waals surface area contributed by atoms with Crippen LogP contribution < -0.4 is 10.6 Å². The molecule has 17 heavy (non-hydrogen) atoms. The van der Waals surface area contributed by atoms with E-state index in [1.54, 1.807) is 17.6 Å². The quantitative estimate of drug-likeness (QED) is 0.480. The Morgan fingerprint density at radius 1 is 1.12 bits per heavy atom. The van der Waals surface area contributed by atoms with E-state index in [0.717, 1.165) is 0 Å². The second-order valence-electron chi connectivity index (χ2n) is 3.41. The van der Waals surface area contributed by atoms with Crippen LogP contribution in [0.1, 0.15) is 19.8 Å². The molecule has 91 valence electrons. The first kappa shape index (κ1) is 16.6. The third-order valence-electron chi connectivity index (χ3n) is 2.09. The molecular weight excluding hydrogens is 259 g/mol. The van der Waals surface area contributed by atoms with Gasteiger partial charge in [-0.3, -0.25) is 20.2 Å². The molecule has 0 atom stereocenters. The number of imide groups is 2. The Balaban J connectivity index is 0.00000256. The van der Waals surface area contributed by atoms with Gasteiger partial charge in [-0.05, 0) is 6.42 Å². The molecule has 1 aliphatic rings. The van der Waals surface area contributed by atoms with Crippen molar-refractivity contribution in [2.75, 3.05) is 5.75 Å². The summed E-state index contributed by atoms with van der Waals surface area (Å²) < 4.78 is 23.3. The van der Waals surface area contributed by atoms with E-state index in [9.17, 15) is 22.8 Å². The normalized spacial score (nSPS) is 17.1. The molecule has 9 heteroatoms. The second-order valence-corrected chi connectivity index (χ2v) is 5.61. The molecular formula is C8H12N2NaO5S. The summed E-state index contributed by atoms with van der Waals surface area (Å²) in [4.78, 5) is 33.2. The number of hydrogen-bond donors (Lipinski definition) is 2. The minimum absolute atomic E-state index is 0. The zero-order valence-corrected chi connectivity index (χ0v) is 12.5. The Bertz CT molecular complexity index is 413. The van der Waals surface area contributed by atoms with Crippen molar-refractivity contribution in [3.63, 3.8) is 0 Å². The van der Waals surface area contributed by atoms with Crippen LogP contribution in [0, 0.1) is 0 Å². The number of amides is 4. The van der Waals surface area contributed by atoms with E-state index in [1.807, 2.05) is 0 Å². The molecule has 1 saturated heterocycles. The number of urea groups is 1. The van der Waals surface area contributed by atoms with Crippen molar-refractivity contribution in [2.45, 2.75) is 25.0 Å². The average molecular weight is 271 g/mol. The fraction of sp³-hybridized carbons (Fsp3) is 0.625. The Labute approximate surface area is 121 Å². The largest absolute Gasteiger partial charge is 0.328 e. The molecule has 4 amide bonds. The van der Waals surface area contributed by atoms with Gasteiger partial charge in [-0.2, -0.15) is 0 Å². The van der Waals surface area contributed by atoms with Gasteiger partial charge in [0.25, 0.3) is 11.8 Å². The molecule has 1 aliphatic heterocycles. The summed E-state index contributed by atoms with van der Waals surface area (Å²) in [7, 11) is -3.84. The van der Waals surface area contributed by atoms with Crippen molar-refractivity contribution in [1.82, 2.24) is 10.6 Å². The van der Waals surface area contributed by atoms with E-state index in [4.69, 9.17) is 0 Å². The number of barbiturate groups is 1. The third kappa shape index (κ3) is 4.06. The fourth-order valence-electron chi connectivity index (χ4n) is 1.29. The minimum atomic E-state index is -3.84. The van der Waals surface area contributed by atoms with Crippen molar-refractivity contribution in [3.8, 4) is 0 Å². The average Bonchev–Trinajstić information content (AvgIpc) is 2.12. The van der Waals surface area contributed by atoms with E-state index in [0.29, 0.717) is 12.8 Å². The van der Waals surface area contributed by atoms with Crippen LogP contribution in [0.25, 0.3) is 0 Å². The van der Waals surface area contributed by atoms with Gasteiger partial charge in [-0.15, -0.1) is 0 Å². The van der Waals surface area contributed by atoms with Crippen LogP contribution in [0.3, 0.4) is 0 Å².